The first-order chi connectivity index (χ1) is 13.1. The van der Waals surface area contributed by atoms with E-state index in [1.807, 2.05) is 36.4 Å². The molecule has 1 saturated heterocycles. The van der Waals surface area contributed by atoms with Gasteiger partial charge < -0.3 is 10.2 Å². The SMILES string of the molecule is CN1CCC(NC(=O)c2nn(-c3ccccc3)c(=O)c3ccccc23)CC1. The summed E-state index contributed by atoms with van der Waals surface area (Å²) in [6.07, 6.45) is 1.83. The molecule has 0 unspecified atom stereocenters. The van der Waals surface area contributed by atoms with E-state index in [-0.39, 0.29) is 23.2 Å². The molecule has 27 heavy (non-hydrogen) atoms. The third-order valence-electron chi connectivity index (χ3n) is 5.07. The summed E-state index contributed by atoms with van der Waals surface area (Å²) >= 11 is 0. The van der Waals surface area contributed by atoms with Gasteiger partial charge in [0.25, 0.3) is 11.5 Å². The normalized spacial score (nSPS) is 15.7. The quantitative estimate of drug-likeness (QED) is 0.776. The maximum absolute atomic E-state index is 13.0. The lowest BCUT2D eigenvalue weighted by atomic mass is 10.0. The molecule has 0 atom stereocenters. The van der Waals surface area contributed by atoms with Gasteiger partial charge in [-0.3, -0.25) is 9.59 Å². The van der Waals surface area contributed by atoms with Gasteiger partial charge in [0.05, 0.1) is 11.1 Å². The number of para-hydroxylation sites is 1. The van der Waals surface area contributed by atoms with E-state index in [0.717, 1.165) is 25.9 Å². The molecule has 0 spiro atoms. The van der Waals surface area contributed by atoms with Gasteiger partial charge in [-0.2, -0.15) is 9.78 Å². The van der Waals surface area contributed by atoms with Crippen molar-refractivity contribution in [3.8, 4) is 5.69 Å². The van der Waals surface area contributed by atoms with Gasteiger partial charge in [-0.25, -0.2) is 0 Å². The summed E-state index contributed by atoms with van der Waals surface area (Å²) in [7, 11) is 2.09. The average molecular weight is 362 g/mol. The smallest absolute Gasteiger partial charge is 0.279 e. The van der Waals surface area contributed by atoms with E-state index in [0.29, 0.717) is 16.5 Å². The van der Waals surface area contributed by atoms with Crippen LogP contribution in [0, 0.1) is 0 Å². The van der Waals surface area contributed by atoms with Gasteiger partial charge in [-0.05, 0) is 51.2 Å². The van der Waals surface area contributed by atoms with Crippen LogP contribution in [0.3, 0.4) is 0 Å². The average Bonchev–Trinajstić information content (AvgIpc) is 2.71. The zero-order chi connectivity index (χ0) is 18.8. The van der Waals surface area contributed by atoms with Crippen molar-refractivity contribution in [2.75, 3.05) is 20.1 Å². The molecule has 1 N–H and O–H groups in total. The van der Waals surface area contributed by atoms with Crippen molar-refractivity contribution in [1.82, 2.24) is 20.0 Å². The number of benzene rings is 2. The van der Waals surface area contributed by atoms with E-state index in [1.165, 1.54) is 4.68 Å². The molecule has 4 rings (SSSR count). The Morgan fingerprint density at radius 3 is 2.33 bits per heavy atom. The Hall–Kier alpha value is -2.99. The zero-order valence-electron chi connectivity index (χ0n) is 15.3. The van der Waals surface area contributed by atoms with E-state index in [9.17, 15) is 9.59 Å². The van der Waals surface area contributed by atoms with Gasteiger partial charge in [0, 0.05) is 11.4 Å². The van der Waals surface area contributed by atoms with Gasteiger partial charge in [-0.15, -0.1) is 0 Å². The van der Waals surface area contributed by atoms with E-state index >= 15 is 0 Å². The van der Waals surface area contributed by atoms with Crippen LogP contribution in [0.5, 0.6) is 0 Å². The molecule has 1 aliphatic rings. The van der Waals surface area contributed by atoms with E-state index in [4.69, 9.17) is 0 Å². The third-order valence-corrected chi connectivity index (χ3v) is 5.07. The molecule has 0 saturated carbocycles. The van der Waals surface area contributed by atoms with E-state index in [2.05, 4.69) is 22.4 Å². The maximum atomic E-state index is 13.0. The van der Waals surface area contributed by atoms with Crippen molar-refractivity contribution in [3.05, 3.63) is 70.6 Å². The number of rotatable bonds is 3. The molecule has 6 nitrogen and oxygen atoms in total. The molecule has 138 valence electrons. The number of nitrogens with zero attached hydrogens (tertiary/aromatic N) is 3. The first kappa shape index (κ1) is 17.4. The van der Waals surface area contributed by atoms with Crippen LogP contribution < -0.4 is 10.9 Å². The first-order valence-electron chi connectivity index (χ1n) is 9.20. The standard InChI is InChI=1S/C21H22N4O2/c1-24-13-11-15(12-14-24)22-20(26)19-17-9-5-6-10-18(17)21(27)25(23-19)16-7-3-2-4-8-16/h2-10,15H,11-14H2,1H3,(H,22,26). The molecule has 6 heteroatoms. The van der Waals surface area contributed by atoms with Crippen molar-refractivity contribution in [2.45, 2.75) is 18.9 Å². The van der Waals surface area contributed by atoms with Crippen molar-refractivity contribution in [2.24, 2.45) is 0 Å². The number of carbonyl (C=O) groups is 1. The minimum Gasteiger partial charge on any atom is -0.348 e. The van der Waals surface area contributed by atoms with Gasteiger partial charge in [0.15, 0.2) is 5.69 Å². The molecule has 1 fully saturated rings. The number of nitrogens with one attached hydrogen (secondary N) is 1. The van der Waals surface area contributed by atoms with Gasteiger partial charge in [0.2, 0.25) is 0 Å². The number of fused-ring (bicyclic) bond motifs is 1. The van der Waals surface area contributed by atoms with Crippen LogP contribution >= 0.6 is 0 Å². The number of aromatic nitrogens is 2. The fourth-order valence-electron chi connectivity index (χ4n) is 3.51. The highest BCUT2D eigenvalue weighted by molar-refractivity contribution is 6.05. The fraction of sp³-hybridized carbons (Fsp3) is 0.286. The topological polar surface area (TPSA) is 67.2 Å². The first-order valence-corrected chi connectivity index (χ1v) is 9.20. The maximum Gasteiger partial charge on any atom is 0.279 e. The second-order valence-electron chi connectivity index (χ2n) is 7.00. The summed E-state index contributed by atoms with van der Waals surface area (Å²) < 4.78 is 1.31. The summed E-state index contributed by atoms with van der Waals surface area (Å²) in [5.41, 5.74) is 0.696. The molecule has 1 aliphatic heterocycles. The highest BCUT2D eigenvalue weighted by Crippen LogP contribution is 2.16. The summed E-state index contributed by atoms with van der Waals surface area (Å²) in [5.74, 6) is -0.231. The number of hydrogen-bond acceptors (Lipinski definition) is 4. The molecule has 0 bridgehead atoms. The summed E-state index contributed by atoms with van der Waals surface area (Å²) in [6.45, 7) is 1.92. The van der Waals surface area contributed by atoms with Crippen molar-refractivity contribution in [3.63, 3.8) is 0 Å². The third kappa shape index (κ3) is 3.48. The molecule has 2 heterocycles. The Morgan fingerprint density at radius 1 is 1.00 bits per heavy atom. The number of carbonyl (C=O) groups excluding carboxylic acids is 1. The Labute approximate surface area is 157 Å². The second-order valence-corrected chi connectivity index (χ2v) is 7.00. The van der Waals surface area contributed by atoms with Crippen molar-refractivity contribution >= 4 is 16.7 Å². The largest absolute Gasteiger partial charge is 0.348 e. The lowest BCUT2D eigenvalue weighted by molar-refractivity contribution is 0.0912. The van der Waals surface area contributed by atoms with Crippen LogP contribution in [0.15, 0.2) is 59.4 Å². The number of hydrogen-bond donors (Lipinski definition) is 1. The lowest BCUT2D eigenvalue weighted by Crippen LogP contribution is -2.44. The zero-order valence-corrected chi connectivity index (χ0v) is 15.3. The Balaban J connectivity index is 1.76. The van der Waals surface area contributed by atoms with E-state index < -0.39 is 0 Å². The number of amides is 1. The highest BCUT2D eigenvalue weighted by atomic mass is 16.2. The number of piperidine rings is 1. The van der Waals surface area contributed by atoms with Crippen LogP contribution in [0.4, 0.5) is 0 Å². The van der Waals surface area contributed by atoms with Crippen LogP contribution in [-0.4, -0.2) is 46.8 Å². The predicted octanol–water partition coefficient (Wildman–Crippen LogP) is 2.21. The van der Waals surface area contributed by atoms with E-state index in [1.54, 1.807) is 18.2 Å². The fourth-order valence-corrected chi connectivity index (χ4v) is 3.51. The second kappa shape index (κ2) is 7.32. The van der Waals surface area contributed by atoms with Crippen molar-refractivity contribution < 1.29 is 4.79 Å². The molecular weight excluding hydrogens is 340 g/mol. The summed E-state index contributed by atoms with van der Waals surface area (Å²) in [5, 5.41) is 8.61. The summed E-state index contributed by atoms with van der Waals surface area (Å²) in [4.78, 5) is 28.1. The van der Waals surface area contributed by atoms with Gasteiger partial charge >= 0.3 is 0 Å². The minimum absolute atomic E-state index is 0.131. The Kier molecular flexibility index (Phi) is 4.73. The molecular formula is C21H22N4O2. The molecule has 0 aliphatic carbocycles. The minimum atomic E-state index is -0.231. The van der Waals surface area contributed by atoms with Gasteiger partial charge in [0.1, 0.15) is 0 Å². The van der Waals surface area contributed by atoms with Gasteiger partial charge in [-0.1, -0.05) is 36.4 Å². The van der Waals surface area contributed by atoms with Crippen LogP contribution in [-0.2, 0) is 0 Å². The van der Waals surface area contributed by atoms with Crippen molar-refractivity contribution in [1.29, 1.82) is 0 Å². The molecule has 0 radical (unpaired) electrons. The predicted molar refractivity (Wildman–Crippen MR) is 105 cm³/mol. The molecule has 1 amide bonds. The number of likely N-dealkylation sites (tertiary alicyclic amines) is 1. The van der Waals surface area contributed by atoms with Crippen LogP contribution in [0.1, 0.15) is 23.3 Å². The highest BCUT2D eigenvalue weighted by Gasteiger charge is 2.22. The monoisotopic (exact) mass is 362 g/mol. The molecule has 2 aromatic carbocycles. The Bertz CT molecular complexity index is 1020. The molecule has 1 aromatic heterocycles. The van der Waals surface area contributed by atoms with Crippen LogP contribution in [0.25, 0.3) is 16.5 Å². The Morgan fingerprint density at radius 2 is 1.63 bits per heavy atom. The van der Waals surface area contributed by atoms with Crippen LogP contribution in [0.2, 0.25) is 0 Å². The summed E-state index contributed by atoms with van der Waals surface area (Å²) in [6, 6.07) is 16.5. The molecule has 3 aromatic rings. The lowest BCUT2D eigenvalue weighted by Gasteiger charge is -2.29.